The maximum atomic E-state index is 6.51. The first-order valence-corrected chi connectivity index (χ1v) is 19.6. The van der Waals surface area contributed by atoms with E-state index in [2.05, 4.69) is 58.9 Å². The average molecular weight is 425 g/mol. The van der Waals surface area contributed by atoms with Crippen LogP contribution in [0.5, 0.6) is 0 Å². The van der Waals surface area contributed by atoms with Crippen LogP contribution >= 0.6 is 0 Å². The average Bonchev–Trinajstić information content (AvgIpc) is 2.70. The molecule has 0 saturated carbocycles. The maximum absolute atomic E-state index is 6.51. The van der Waals surface area contributed by atoms with Crippen molar-refractivity contribution in [2.45, 2.75) is 89.6 Å². The van der Waals surface area contributed by atoms with E-state index in [1.807, 2.05) is 0 Å². The fraction of sp³-hybridized carbons (Fsp3) is 1.00. The summed E-state index contributed by atoms with van der Waals surface area (Å²) in [4.78, 5) is 0. The zero-order valence-corrected chi connectivity index (χ0v) is 21.5. The molecule has 1 aliphatic rings. The number of ether oxygens (including phenoxy) is 3. The van der Waals surface area contributed by atoms with Gasteiger partial charge in [-0.2, -0.15) is 0 Å². The van der Waals surface area contributed by atoms with Crippen LogP contribution in [0.4, 0.5) is 0 Å². The van der Waals surface area contributed by atoms with Gasteiger partial charge >= 0.3 is 0 Å². The van der Waals surface area contributed by atoms with Gasteiger partial charge in [0.25, 0.3) is 0 Å². The van der Waals surface area contributed by atoms with Crippen molar-refractivity contribution in [3.05, 3.63) is 0 Å². The molecule has 0 aromatic carbocycles. The normalized spacial score (nSPS) is 29.2. The molecule has 1 fully saturated rings. The molecule has 0 bridgehead atoms. The molecule has 6 nitrogen and oxygen atoms in total. The number of hydrogen-bond donors (Lipinski definition) is 0. The van der Waals surface area contributed by atoms with E-state index < -0.39 is 31.2 Å². The highest BCUT2D eigenvalue weighted by molar-refractivity contribution is 6.70. The fourth-order valence-electron chi connectivity index (χ4n) is 3.00. The molecule has 1 saturated heterocycles. The van der Waals surface area contributed by atoms with Crippen LogP contribution in [0.1, 0.15) is 0 Å². The van der Waals surface area contributed by atoms with Gasteiger partial charge in [-0.15, -0.1) is 0 Å². The van der Waals surface area contributed by atoms with Gasteiger partial charge in [0.2, 0.25) is 0 Å². The Morgan fingerprint density at radius 2 is 1.31 bits per heavy atom. The molecule has 0 aromatic heterocycles. The topological polar surface area (TPSA) is 55.4 Å². The molecule has 0 aliphatic carbocycles. The quantitative estimate of drug-likeness (QED) is 0.499. The molecule has 0 spiro atoms. The van der Waals surface area contributed by atoms with Crippen molar-refractivity contribution < 1.29 is 27.5 Å². The molecule has 5 atom stereocenters. The summed E-state index contributed by atoms with van der Waals surface area (Å²) in [6.45, 7) is 19.9. The lowest BCUT2D eigenvalue weighted by Crippen LogP contribution is -2.51. The Labute approximate surface area is 163 Å². The van der Waals surface area contributed by atoms with Crippen LogP contribution in [0.25, 0.3) is 0 Å². The Balaban J connectivity index is 3.16. The molecular weight excluding hydrogens is 384 g/mol. The lowest BCUT2D eigenvalue weighted by Gasteiger charge is -2.35. The third-order valence-electron chi connectivity index (χ3n) is 3.64. The van der Waals surface area contributed by atoms with Crippen LogP contribution < -0.4 is 0 Å². The minimum absolute atomic E-state index is 0.207. The highest BCUT2D eigenvalue weighted by Gasteiger charge is 2.52. The molecule has 1 heterocycles. The van der Waals surface area contributed by atoms with Gasteiger partial charge in [0.1, 0.15) is 18.3 Å². The second-order valence-corrected chi connectivity index (χ2v) is 23.2. The summed E-state index contributed by atoms with van der Waals surface area (Å²) >= 11 is 0. The number of hydrogen-bond acceptors (Lipinski definition) is 6. The molecule has 0 radical (unpaired) electrons. The van der Waals surface area contributed by atoms with E-state index in [-0.39, 0.29) is 24.4 Å². The van der Waals surface area contributed by atoms with E-state index in [4.69, 9.17) is 27.5 Å². The minimum Gasteiger partial charge on any atom is -0.410 e. The highest BCUT2D eigenvalue weighted by Crippen LogP contribution is 2.34. The van der Waals surface area contributed by atoms with Crippen LogP contribution in [0.15, 0.2) is 0 Å². The standard InChI is InChI=1S/C17H40O6Si3/c1-18-12-13(21-24(3,4)5)14-15(22-25(6,7)8)16(19-2)17(20-14)23-26(9,10)11/h13-17H,12H2,1-11H3/t13-,14+,15+,16-,17?/m0/s1. The summed E-state index contributed by atoms with van der Waals surface area (Å²) in [5.74, 6) is 0. The molecule has 1 aliphatic heterocycles. The molecule has 0 N–H and O–H groups in total. The monoisotopic (exact) mass is 424 g/mol. The van der Waals surface area contributed by atoms with Crippen molar-refractivity contribution in [3.63, 3.8) is 0 Å². The third kappa shape index (κ3) is 8.19. The molecule has 9 heteroatoms. The Bertz CT molecular complexity index is 430. The lowest BCUT2D eigenvalue weighted by molar-refractivity contribution is -0.143. The summed E-state index contributed by atoms with van der Waals surface area (Å²) in [6, 6.07) is 0. The summed E-state index contributed by atoms with van der Waals surface area (Å²) in [5.41, 5.74) is 0. The van der Waals surface area contributed by atoms with Gasteiger partial charge in [0, 0.05) is 14.2 Å². The highest BCUT2D eigenvalue weighted by atomic mass is 28.4. The van der Waals surface area contributed by atoms with Crippen molar-refractivity contribution in [1.82, 2.24) is 0 Å². The Hall–Kier alpha value is 0.411. The van der Waals surface area contributed by atoms with Crippen LogP contribution in [0, 0.1) is 0 Å². The zero-order chi connectivity index (χ0) is 20.3. The summed E-state index contributed by atoms with van der Waals surface area (Å²) in [5, 5.41) is 0. The number of methoxy groups -OCH3 is 2. The van der Waals surface area contributed by atoms with Gasteiger partial charge in [-0.05, 0) is 58.9 Å². The molecule has 0 aromatic rings. The van der Waals surface area contributed by atoms with Gasteiger partial charge in [-0.25, -0.2) is 0 Å². The Morgan fingerprint density at radius 1 is 0.769 bits per heavy atom. The fourth-order valence-corrected chi connectivity index (χ4v) is 6.08. The van der Waals surface area contributed by atoms with Crippen molar-refractivity contribution in [1.29, 1.82) is 0 Å². The third-order valence-corrected chi connectivity index (χ3v) is 6.57. The zero-order valence-electron chi connectivity index (χ0n) is 18.5. The minimum atomic E-state index is -1.83. The number of rotatable bonds is 10. The summed E-state index contributed by atoms with van der Waals surface area (Å²) in [7, 11) is -2.04. The predicted octanol–water partition coefficient (Wildman–Crippen LogP) is 3.66. The van der Waals surface area contributed by atoms with Crippen molar-refractivity contribution in [2.75, 3.05) is 20.8 Å². The molecule has 156 valence electrons. The second kappa shape index (κ2) is 9.27. The van der Waals surface area contributed by atoms with E-state index in [0.29, 0.717) is 6.61 Å². The van der Waals surface area contributed by atoms with E-state index in [1.54, 1.807) is 14.2 Å². The molecular formula is C17H40O6Si3. The first-order chi connectivity index (χ1) is 11.7. The van der Waals surface area contributed by atoms with Crippen molar-refractivity contribution >= 4 is 25.0 Å². The van der Waals surface area contributed by atoms with Gasteiger partial charge < -0.3 is 27.5 Å². The van der Waals surface area contributed by atoms with E-state index in [1.165, 1.54) is 0 Å². The summed E-state index contributed by atoms with van der Waals surface area (Å²) < 4.78 is 36.8. The Morgan fingerprint density at radius 3 is 1.69 bits per heavy atom. The smallest absolute Gasteiger partial charge is 0.187 e. The first-order valence-electron chi connectivity index (χ1n) is 9.37. The maximum Gasteiger partial charge on any atom is 0.187 e. The molecule has 1 unspecified atom stereocenters. The van der Waals surface area contributed by atoms with E-state index in [0.717, 1.165) is 0 Å². The SMILES string of the molecule is COC[C@H](O[Si](C)(C)C)[C@H]1OC(O[Si](C)(C)C)[C@@H](OC)[C@@H]1O[Si](C)(C)C. The first kappa shape index (κ1) is 24.4. The molecule has 1 rings (SSSR count). The van der Waals surface area contributed by atoms with Crippen molar-refractivity contribution in [2.24, 2.45) is 0 Å². The van der Waals surface area contributed by atoms with Gasteiger partial charge in [-0.1, -0.05) is 0 Å². The van der Waals surface area contributed by atoms with Crippen LogP contribution in [0.3, 0.4) is 0 Å². The van der Waals surface area contributed by atoms with Crippen molar-refractivity contribution in [3.8, 4) is 0 Å². The molecule has 0 amide bonds. The van der Waals surface area contributed by atoms with E-state index in [9.17, 15) is 0 Å². The van der Waals surface area contributed by atoms with Gasteiger partial charge in [0.05, 0.1) is 12.7 Å². The van der Waals surface area contributed by atoms with Crippen LogP contribution in [0.2, 0.25) is 58.9 Å². The Kier molecular flexibility index (Phi) is 8.72. The molecule has 26 heavy (non-hydrogen) atoms. The van der Waals surface area contributed by atoms with E-state index >= 15 is 0 Å². The lowest BCUT2D eigenvalue weighted by atomic mass is 10.1. The second-order valence-electron chi connectivity index (χ2n) is 9.82. The largest absolute Gasteiger partial charge is 0.410 e. The van der Waals surface area contributed by atoms with Gasteiger partial charge in [0.15, 0.2) is 31.2 Å². The summed E-state index contributed by atoms with van der Waals surface area (Å²) in [6.07, 6.45) is -1.43. The van der Waals surface area contributed by atoms with Crippen LogP contribution in [-0.2, 0) is 27.5 Å². The van der Waals surface area contributed by atoms with Gasteiger partial charge in [-0.3, -0.25) is 0 Å². The van der Waals surface area contributed by atoms with Crippen LogP contribution in [-0.4, -0.2) is 76.5 Å². The predicted molar refractivity (Wildman–Crippen MR) is 112 cm³/mol.